The van der Waals surface area contributed by atoms with Gasteiger partial charge >= 0.3 is 5.97 Å². The predicted octanol–water partition coefficient (Wildman–Crippen LogP) is -0.671. The summed E-state index contributed by atoms with van der Waals surface area (Å²) in [4.78, 5) is 20.2. The summed E-state index contributed by atoms with van der Waals surface area (Å²) in [6.07, 6.45) is 0. The molecule has 10 heavy (non-hydrogen) atoms. The summed E-state index contributed by atoms with van der Waals surface area (Å²) in [5.41, 5.74) is 1.74. The van der Waals surface area contributed by atoms with Crippen LogP contribution in [0, 0.1) is 10.1 Å². The molecular formula is C4H8N2O4. The number of carbonyl (C=O) groups excluding carboxylic acids is 1. The third kappa shape index (κ3) is 2.85. The molecule has 6 nitrogen and oxygen atoms in total. The maximum absolute atomic E-state index is 10.5. The number of nitrogens with zero attached hydrogens (tertiary/aromatic N) is 1. The Morgan fingerprint density at radius 3 is 2.60 bits per heavy atom. The van der Waals surface area contributed by atoms with Gasteiger partial charge < -0.3 is 4.74 Å². The number of ether oxygens (including phenoxy) is 1. The average Bonchev–Trinajstić information content (AvgIpc) is 1.85. The standard InChI is InChI=1S/C4H8N2O4/c1-3(4(7)10-2)5-6(8)9/h3,5H,1-2H3. The van der Waals surface area contributed by atoms with Gasteiger partial charge in [-0.2, -0.15) is 0 Å². The topological polar surface area (TPSA) is 81.5 Å². The Labute approximate surface area is 57.3 Å². The molecule has 0 aliphatic heterocycles. The van der Waals surface area contributed by atoms with E-state index in [0.29, 0.717) is 0 Å². The second-order valence-corrected chi connectivity index (χ2v) is 1.63. The van der Waals surface area contributed by atoms with Gasteiger partial charge in [0.2, 0.25) is 0 Å². The van der Waals surface area contributed by atoms with Crippen molar-refractivity contribution in [2.45, 2.75) is 13.0 Å². The van der Waals surface area contributed by atoms with Gasteiger partial charge in [0.15, 0.2) is 11.1 Å². The zero-order valence-corrected chi connectivity index (χ0v) is 5.66. The molecule has 0 bridgehead atoms. The van der Waals surface area contributed by atoms with Crippen LogP contribution in [-0.2, 0) is 9.53 Å². The number of esters is 1. The molecule has 0 aliphatic carbocycles. The summed E-state index contributed by atoms with van der Waals surface area (Å²) in [6, 6.07) is -0.903. The van der Waals surface area contributed by atoms with Crippen molar-refractivity contribution in [3.63, 3.8) is 0 Å². The van der Waals surface area contributed by atoms with E-state index in [2.05, 4.69) is 4.74 Å². The Balaban J connectivity index is 3.72. The van der Waals surface area contributed by atoms with Gasteiger partial charge in [0.25, 0.3) is 0 Å². The monoisotopic (exact) mass is 148 g/mol. The lowest BCUT2D eigenvalue weighted by atomic mass is 10.4. The molecule has 0 rings (SSSR count). The van der Waals surface area contributed by atoms with Crippen LogP contribution >= 0.6 is 0 Å². The summed E-state index contributed by atoms with van der Waals surface area (Å²) in [6.45, 7) is 1.34. The highest BCUT2D eigenvalue weighted by molar-refractivity contribution is 5.74. The number of nitrogens with one attached hydrogen (secondary N) is 1. The van der Waals surface area contributed by atoms with E-state index >= 15 is 0 Å². The van der Waals surface area contributed by atoms with Gasteiger partial charge in [0, 0.05) is 0 Å². The van der Waals surface area contributed by atoms with E-state index in [9.17, 15) is 14.9 Å². The summed E-state index contributed by atoms with van der Waals surface area (Å²) in [7, 11) is 1.17. The fourth-order valence-electron chi connectivity index (χ4n) is 0.388. The molecule has 0 saturated heterocycles. The highest BCUT2D eigenvalue weighted by Crippen LogP contribution is 1.83. The van der Waals surface area contributed by atoms with Crippen LogP contribution in [0.3, 0.4) is 0 Å². The molecular weight excluding hydrogens is 140 g/mol. The fraction of sp³-hybridized carbons (Fsp3) is 0.750. The normalized spacial score (nSPS) is 11.8. The van der Waals surface area contributed by atoms with Crippen LogP contribution in [0.4, 0.5) is 0 Å². The van der Waals surface area contributed by atoms with Crippen LogP contribution in [0.25, 0.3) is 0 Å². The molecule has 1 atom stereocenters. The van der Waals surface area contributed by atoms with Crippen molar-refractivity contribution >= 4 is 5.97 Å². The number of hydrazine groups is 1. The predicted molar refractivity (Wildman–Crippen MR) is 31.6 cm³/mol. The average molecular weight is 148 g/mol. The van der Waals surface area contributed by atoms with E-state index in [-0.39, 0.29) is 0 Å². The molecule has 0 fully saturated rings. The van der Waals surface area contributed by atoms with Crippen molar-refractivity contribution in [3.05, 3.63) is 10.1 Å². The van der Waals surface area contributed by atoms with Crippen molar-refractivity contribution in [3.8, 4) is 0 Å². The molecule has 0 aromatic carbocycles. The molecule has 0 radical (unpaired) electrons. The largest absolute Gasteiger partial charge is 0.467 e. The Kier molecular flexibility index (Phi) is 3.16. The van der Waals surface area contributed by atoms with Gasteiger partial charge in [-0.3, -0.25) is 0 Å². The van der Waals surface area contributed by atoms with Crippen molar-refractivity contribution in [2.75, 3.05) is 7.11 Å². The number of nitro groups is 1. The van der Waals surface area contributed by atoms with Gasteiger partial charge in [0.1, 0.15) is 0 Å². The third-order valence-corrected chi connectivity index (χ3v) is 0.854. The number of methoxy groups -OCH3 is 1. The van der Waals surface area contributed by atoms with Crippen molar-refractivity contribution < 1.29 is 14.6 Å². The first-order valence-electron chi connectivity index (χ1n) is 2.56. The van der Waals surface area contributed by atoms with E-state index in [0.717, 1.165) is 0 Å². The SMILES string of the molecule is COC(=O)C(C)N[N+](=O)[O-]. The molecule has 0 spiro atoms. The van der Waals surface area contributed by atoms with E-state index in [1.807, 2.05) is 0 Å². The zero-order chi connectivity index (χ0) is 8.15. The zero-order valence-electron chi connectivity index (χ0n) is 5.66. The number of hydrogen-bond acceptors (Lipinski definition) is 4. The van der Waals surface area contributed by atoms with Gasteiger partial charge in [0.05, 0.1) is 7.11 Å². The highest BCUT2D eigenvalue weighted by Gasteiger charge is 2.16. The summed E-state index contributed by atoms with van der Waals surface area (Å²) in [5, 5.41) is 8.93. The summed E-state index contributed by atoms with van der Waals surface area (Å²) in [5.74, 6) is -0.656. The van der Waals surface area contributed by atoms with Crippen LogP contribution in [0.15, 0.2) is 0 Å². The Morgan fingerprint density at radius 2 is 2.30 bits per heavy atom. The van der Waals surface area contributed by atoms with Crippen molar-refractivity contribution in [1.29, 1.82) is 0 Å². The third-order valence-electron chi connectivity index (χ3n) is 0.854. The van der Waals surface area contributed by atoms with Crippen molar-refractivity contribution in [2.24, 2.45) is 0 Å². The van der Waals surface area contributed by atoms with Gasteiger partial charge in [-0.05, 0) is 6.92 Å². The first-order valence-corrected chi connectivity index (χ1v) is 2.56. The Hall–Kier alpha value is -1.33. The maximum atomic E-state index is 10.5. The quantitative estimate of drug-likeness (QED) is 0.326. The molecule has 0 aromatic heterocycles. The van der Waals surface area contributed by atoms with E-state index in [4.69, 9.17) is 0 Å². The molecule has 0 amide bonds. The van der Waals surface area contributed by atoms with E-state index in [1.165, 1.54) is 14.0 Å². The molecule has 0 saturated carbocycles. The van der Waals surface area contributed by atoms with Gasteiger partial charge in [-0.15, -0.1) is 5.43 Å². The first-order chi connectivity index (χ1) is 4.57. The summed E-state index contributed by atoms with van der Waals surface area (Å²) >= 11 is 0. The Bertz CT molecular complexity index is 146. The lowest BCUT2D eigenvalue weighted by Gasteiger charge is -2.03. The van der Waals surface area contributed by atoms with Crippen molar-refractivity contribution in [1.82, 2.24) is 5.43 Å². The first kappa shape index (κ1) is 8.67. The Morgan fingerprint density at radius 1 is 1.80 bits per heavy atom. The van der Waals surface area contributed by atoms with Crippen LogP contribution in [0.5, 0.6) is 0 Å². The number of rotatable bonds is 3. The molecule has 0 heterocycles. The second-order valence-electron chi connectivity index (χ2n) is 1.63. The van der Waals surface area contributed by atoms with Gasteiger partial charge in [-0.25, -0.2) is 14.9 Å². The minimum absolute atomic E-state index is 0.656. The summed E-state index contributed by atoms with van der Waals surface area (Å²) < 4.78 is 4.21. The highest BCUT2D eigenvalue weighted by atomic mass is 16.7. The van der Waals surface area contributed by atoms with E-state index < -0.39 is 17.0 Å². The van der Waals surface area contributed by atoms with E-state index in [1.54, 1.807) is 5.43 Å². The minimum Gasteiger partial charge on any atom is -0.467 e. The second kappa shape index (κ2) is 3.65. The molecule has 6 heteroatoms. The molecule has 0 aliphatic rings. The van der Waals surface area contributed by atoms with Crippen LogP contribution in [0.2, 0.25) is 0 Å². The smallest absolute Gasteiger partial charge is 0.333 e. The van der Waals surface area contributed by atoms with Crippen LogP contribution in [-0.4, -0.2) is 24.2 Å². The molecule has 58 valence electrons. The fourth-order valence-corrected chi connectivity index (χ4v) is 0.388. The molecule has 1 unspecified atom stereocenters. The van der Waals surface area contributed by atoms with Crippen LogP contribution in [0.1, 0.15) is 6.92 Å². The number of carbonyl (C=O) groups is 1. The number of hydrogen-bond donors (Lipinski definition) is 1. The molecule has 0 aromatic rings. The maximum Gasteiger partial charge on any atom is 0.333 e. The van der Waals surface area contributed by atoms with Crippen LogP contribution < -0.4 is 5.43 Å². The van der Waals surface area contributed by atoms with Gasteiger partial charge in [-0.1, -0.05) is 0 Å². The lowest BCUT2D eigenvalue weighted by molar-refractivity contribution is -0.548. The minimum atomic E-state index is -0.903. The molecule has 1 N–H and O–H groups in total. The lowest BCUT2D eigenvalue weighted by Crippen LogP contribution is -2.38.